The molecule has 0 N–H and O–H groups in total. The summed E-state index contributed by atoms with van der Waals surface area (Å²) in [5.74, 6) is 1.27. The van der Waals surface area contributed by atoms with Crippen LogP contribution in [0, 0.1) is 12.8 Å². The van der Waals surface area contributed by atoms with Gasteiger partial charge >= 0.3 is 0 Å². The normalized spacial score (nSPS) is 20.5. The van der Waals surface area contributed by atoms with Gasteiger partial charge in [-0.2, -0.15) is 5.10 Å². The van der Waals surface area contributed by atoms with E-state index in [1.807, 2.05) is 71.3 Å². The lowest BCUT2D eigenvalue weighted by atomic mass is 9.80. The third kappa shape index (κ3) is 3.00. The molecule has 0 saturated heterocycles. The zero-order valence-corrected chi connectivity index (χ0v) is 21.0. The standard InChI is InChI=1S/C27H23Cl2N5O/c1-16(2)14-32-22-12-8-7-11-20(22)27(26(32)35)23-17(3)31-34(19-9-5-4-6-10-19)25(23)30-24-21(29)13-18(28)15-33(24)27/h4-13,15-16H,14H2,1-3H3/t27-/m0/s1. The van der Waals surface area contributed by atoms with Crippen molar-refractivity contribution in [1.29, 1.82) is 0 Å². The molecule has 3 aliphatic rings. The monoisotopic (exact) mass is 503 g/mol. The minimum Gasteiger partial charge on any atom is -0.309 e. The first kappa shape index (κ1) is 22.1. The zero-order chi connectivity index (χ0) is 24.5. The fourth-order valence-corrected chi connectivity index (χ4v) is 5.87. The van der Waals surface area contributed by atoms with E-state index in [4.69, 9.17) is 33.3 Å². The molecule has 35 heavy (non-hydrogen) atoms. The van der Waals surface area contributed by atoms with Crippen LogP contribution in [0.25, 0.3) is 5.69 Å². The number of amides is 1. The van der Waals surface area contributed by atoms with Crippen molar-refractivity contribution in [3.8, 4) is 5.69 Å². The molecule has 0 fully saturated rings. The highest BCUT2D eigenvalue weighted by Crippen LogP contribution is 2.56. The van der Waals surface area contributed by atoms with Gasteiger partial charge in [0.05, 0.1) is 32.7 Å². The molecule has 0 saturated carbocycles. The van der Waals surface area contributed by atoms with Gasteiger partial charge in [0, 0.05) is 18.3 Å². The SMILES string of the molecule is Cc1nn(-c2ccccc2)c2c1[C@@]1(C(=O)N(CC(C)C)c3ccccc31)N1C=C(Cl)C=C(Cl)C1=N2. The summed E-state index contributed by atoms with van der Waals surface area (Å²) < 4.78 is 1.79. The number of nitrogens with zero attached hydrogens (tertiary/aromatic N) is 5. The highest BCUT2D eigenvalue weighted by molar-refractivity contribution is 6.46. The maximum atomic E-state index is 14.7. The van der Waals surface area contributed by atoms with Crippen molar-refractivity contribution in [3.63, 3.8) is 0 Å². The maximum absolute atomic E-state index is 14.7. The van der Waals surface area contributed by atoms with Gasteiger partial charge in [-0.25, -0.2) is 9.67 Å². The Labute approximate surface area is 213 Å². The van der Waals surface area contributed by atoms with Gasteiger partial charge in [-0.3, -0.25) is 4.79 Å². The lowest BCUT2D eigenvalue weighted by Gasteiger charge is -2.43. The molecule has 4 heterocycles. The van der Waals surface area contributed by atoms with Crippen molar-refractivity contribution in [2.45, 2.75) is 26.3 Å². The maximum Gasteiger partial charge on any atom is 0.262 e. The lowest BCUT2D eigenvalue weighted by molar-refractivity contribution is -0.125. The Morgan fingerprint density at radius 3 is 2.49 bits per heavy atom. The van der Waals surface area contributed by atoms with Crippen LogP contribution in [0.5, 0.6) is 0 Å². The van der Waals surface area contributed by atoms with Crippen LogP contribution in [0.3, 0.4) is 0 Å². The van der Waals surface area contributed by atoms with Gasteiger partial charge in [0.2, 0.25) is 0 Å². The number of fused-ring (bicyclic) bond motifs is 6. The Morgan fingerprint density at radius 2 is 1.74 bits per heavy atom. The third-order valence-corrected chi connectivity index (χ3v) is 7.10. The van der Waals surface area contributed by atoms with Gasteiger partial charge in [0.1, 0.15) is 0 Å². The van der Waals surface area contributed by atoms with Gasteiger partial charge in [-0.05, 0) is 37.1 Å². The van der Waals surface area contributed by atoms with Crippen molar-refractivity contribution < 1.29 is 4.79 Å². The molecule has 0 radical (unpaired) electrons. The van der Waals surface area contributed by atoms with Crippen LogP contribution < -0.4 is 4.90 Å². The van der Waals surface area contributed by atoms with E-state index in [2.05, 4.69) is 13.8 Å². The first-order chi connectivity index (χ1) is 16.8. The zero-order valence-electron chi connectivity index (χ0n) is 19.5. The summed E-state index contributed by atoms with van der Waals surface area (Å²) >= 11 is 13.2. The summed E-state index contributed by atoms with van der Waals surface area (Å²) in [6.07, 6.45) is 3.41. The van der Waals surface area contributed by atoms with Crippen LogP contribution in [0.15, 0.2) is 81.9 Å². The smallest absolute Gasteiger partial charge is 0.262 e. The van der Waals surface area contributed by atoms with Crippen molar-refractivity contribution in [2.24, 2.45) is 10.9 Å². The molecule has 0 aliphatic carbocycles. The van der Waals surface area contributed by atoms with E-state index in [1.165, 1.54) is 0 Å². The molecular weight excluding hydrogens is 481 g/mol. The Bertz CT molecular complexity index is 1470. The summed E-state index contributed by atoms with van der Waals surface area (Å²) in [4.78, 5) is 23.3. The number of aromatic nitrogens is 2. The van der Waals surface area contributed by atoms with Crippen molar-refractivity contribution in [3.05, 3.63) is 93.8 Å². The minimum absolute atomic E-state index is 0.0659. The summed E-state index contributed by atoms with van der Waals surface area (Å²) in [5, 5.41) is 5.67. The summed E-state index contributed by atoms with van der Waals surface area (Å²) in [6, 6.07) is 17.7. The van der Waals surface area contributed by atoms with E-state index in [0.29, 0.717) is 28.3 Å². The number of hydrogen-bond donors (Lipinski definition) is 0. The Morgan fingerprint density at radius 1 is 1.03 bits per heavy atom. The van der Waals surface area contributed by atoms with Crippen molar-refractivity contribution in [2.75, 3.05) is 11.4 Å². The lowest BCUT2D eigenvalue weighted by Crippen LogP contribution is -2.56. The number of halogens is 2. The molecule has 1 aromatic heterocycles. The molecule has 1 spiro atoms. The number of allylic oxidation sites excluding steroid dienone is 2. The number of carbonyl (C=O) groups is 1. The van der Waals surface area contributed by atoms with Crippen LogP contribution in [-0.4, -0.2) is 33.0 Å². The number of anilines is 1. The quantitative estimate of drug-likeness (QED) is 0.441. The van der Waals surface area contributed by atoms with Crippen LogP contribution in [-0.2, 0) is 10.3 Å². The predicted octanol–water partition coefficient (Wildman–Crippen LogP) is 5.99. The summed E-state index contributed by atoms with van der Waals surface area (Å²) in [7, 11) is 0. The first-order valence-electron chi connectivity index (χ1n) is 11.5. The highest BCUT2D eigenvalue weighted by atomic mass is 35.5. The second kappa shape index (κ2) is 7.83. The fraction of sp³-hybridized carbons (Fsp3) is 0.222. The van der Waals surface area contributed by atoms with Gasteiger partial charge in [0.25, 0.3) is 5.91 Å². The molecule has 1 atom stereocenters. The number of carbonyl (C=O) groups excluding carboxylic acids is 1. The molecule has 6 nitrogen and oxygen atoms in total. The van der Waals surface area contributed by atoms with E-state index in [1.54, 1.807) is 17.0 Å². The van der Waals surface area contributed by atoms with E-state index in [0.717, 1.165) is 28.2 Å². The Kier molecular flexibility index (Phi) is 4.95. The van der Waals surface area contributed by atoms with E-state index < -0.39 is 5.54 Å². The molecule has 0 bridgehead atoms. The van der Waals surface area contributed by atoms with E-state index >= 15 is 0 Å². The van der Waals surface area contributed by atoms with Gasteiger partial charge in [-0.1, -0.05) is 73.4 Å². The fourth-order valence-electron chi connectivity index (χ4n) is 5.35. The molecule has 2 aromatic carbocycles. The molecule has 176 valence electrons. The minimum atomic E-state index is -1.23. The molecule has 3 aliphatic heterocycles. The van der Waals surface area contributed by atoms with Crippen LogP contribution >= 0.6 is 23.2 Å². The second-order valence-corrected chi connectivity index (χ2v) is 10.2. The van der Waals surface area contributed by atoms with E-state index in [9.17, 15) is 4.79 Å². The van der Waals surface area contributed by atoms with Gasteiger partial charge in [0.15, 0.2) is 17.2 Å². The van der Waals surface area contributed by atoms with Crippen LogP contribution in [0.1, 0.15) is 30.7 Å². The second-order valence-electron chi connectivity index (χ2n) is 9.38. The highest BCUT2D eigenvalue weighted by Gasteiger charge is 2.61. The number of amidine groups is 1. The summed E-state index contributed by atoms with van der Waals surface area (Å²) in [6.45, 7) is 6.72. The van der Waals surface area contributed by atoms with Gasteiger partial charge in [-0.15, -0.1) is 0 Å². The Hall–Kier alpha value is -3.35. The first-order valence-corrected chi connectivity index (χ1v) is 12.3. The molecule has 0 unspecified atom stereocenters. The van der Waals surface area contributed by atoms with Gasteiger partial charge < -0.3 is 9.80 Å². The van der Waals surface area contributed by atoms with Crippen LogP contribution in [0.2, 0.25) is 0 Å². The number of rotatable bonds is 3. The largest absolute Gasteiger partial charge is 0.309 e. The number of aryl methyl sites for hydroxylation is 1. The topological polar surface area (TPSA) is 53.7 Å². The average molecular weight is 504 g/mol. The number of hydrogen-bond acceptors (Lipinski definition) is 4. The summed E-state index contributed by atoms with van der Waals surface area (Å²) in [5.41, 5.74) is 2.82. The van der Waals surface area contributed by atoms with Crippen LogP contribution in [0.4, 0.5) is 11.5 Å². The predicted molar refractivity (Wildman–Crippen MR) is 140 cm³/mol. The van der Waals surface area contributed by atoms with Crippen molar-refractivity contribution >= 4 is 46.4 Å². The third-order valence-electron chi connectivity index (χ3n) is 6.62. The van der Waals surface area contributed by atoms with Crippen molar-refractivity contribution in [1.82, 2.24) is 14.7 Å². The molecule has 6 rings (SSSR count). The Balaban J connectivity index is 1.73. The molecule has 1 amide bonds. The number of benzene rings is 2. The molecule has 3 aromatic rings. The number of aliphatic imine (C=N–C) groups is 1. The molecular formula is C27H23Cl2N5O. The number of para-hydroxylation sites is 2. The molecule has 8 heteroatoms. The average Bonchev–Trinajstić information content (AvgIpc) is 3.29. The van der Waals surface area contributed by atoms with E-state index in [-0.39, 0.29) is 11.8 Å².